The zero-order valence-corrected chi connectivity index (χ0v) is 12.7. The van der Waals surface area contributed by atoms with E-state index in [9.17, 15) is 4.79 Å². The van der Waals surface area contributed by atoms with E-state index in [1.54, 1.807) is 43.5 Å². The van der Waals surface area contributed by atoms with Crippen molar-refractivity contribution in [3.63, 3.8) is 0 Å². The zero-order chi connectivity index (χ0) is 16.1. The molecule has 0 aromatic heterocycles. The Hall–Kier alpha value is -3.07. The molecule has 0 heterocycles. The monoisotopic (exact) mass is 304 g/mol. The first-order valence-electron chi connectivity index (χ1n) is 7.28. The Labute approximate surface area is 135 Å². The Balaban J connectivity index is 1.74. The van der Waals surface area contributed by atoms with Crippen LogP contribution in [0.25, 0.3) is 11.1 Å². The lowest BCUT2D eigenvalue weighted by molar-refractivity contribution is 0.0734. The minimum atomic E-state index is -0.406. The van der Waals surface area contributed by atoms with Crippen molar-refractivity contribution in [1.82, 2.24) is 0 Å². The van der Waals surface area contributed by atoms with E-state index in [1.165, 1.54) is 0 Å². The van der Waals surface area contributed by atoms with Crippen molar-refractivity contribution >= 4 is 5.97 Å². The van der Waals surface area contributed by atoms with Gasteiger partial charge in [-0.3, -0.25) is 0 Å². The van der Waals surface area contributed by atoms with Crippen LogP contribution in [-0.4, -0.2) is 13.1 Å². The lowest BCUT2D eigenvalue weighted by Gasteiger charge is -2.07. The summed E-state index contributed by atoms with van der Waals surface area (Å²) in [7, 11) is 1.56. The second kappa shape index (κ2) is 6.79. The maximum atomic E-state index is 12.2. The van der Waals surface area contributed by atoms with Gasteiger partial charge in [-0.1, -0.05) is 48.5 Å². The summed E-state index contributed by atoms with van der Waals surface area (Å²) in [4.78, 5) is 12.2. The smallest absolute Gasteiger partial charge is 0.343 e. The van der Waals surface area contributed by atoms with Crippen molar-refractivity contribution in [3.8, 4) is 22.6 Å². The quantitative estimate of drug-likeness (QED) is 0.523. The molecule has 0 fully saturated rings. The fraction of sp³-hybridized carbons (Fsp3) is 0.0500. The fourth-order valence-electron chi connectivity index (χ4n) is 2.26. The minimum absolute atomic E-state index is 0.406. The van der Waals surface area contributed by atoms with Gasteiger partial charge in [-0.25, -0.2) is 4.79 Å². The lowest BCUT2D eigenvalue weighted by atomic mass is 10.1. The minimum Gasteiger partial charge on any atom is -0.497 e. The molecule has 3 heteroatoms. The van der Waals surface area contributed by atoms with E-state index in [0.29, 0.717) is 17.1 Å². The normalized spacial score (nSPS) is 10.1. The summed E-state index contributed by atoms with van der Waals surface area (Å²) < 4.78 is 10.5. The third-order valence-electron chi connectivity index (χ3n) is 3.48. The molecule has 0 aliphatic heterocycles. The molecule has 114 valence electrons. The average molecular weight is 304 g/mol. The zero-order valence-electron chi connectivity index (χ0n) is 12.7. The molecule has 3 rings (SSSR count). The molecule has 0 N–H and O–H groups in total. The second-order valence-corrected chi connectivity index (χ2v) is 5.01. The molecule has 0 aliphatic carbocycles. The number of methoxy groups -OCH3 is 1. The molecule has 0 atom stereocenters. The summed E-state index contributed by atoms with van der Waals surface area (Å²) in [5.74, 6) is 0.729. The fourth-order valence-corrected chi connectivity index (χ4v) is 2.26. The molecule has 3 nitrogen and oxygen atoms in total. The third kappa shape index (κ3) is 3.58. The Morgan fingerprint density at radius 1 is 0.739 bits per heavy atom. The van der Waals surface area contributed by atoms with Crippen LogP contribution >= 0.6 is 0 Å². The molecular weight excluding hydrogens is 288 g/mol. The molecule has 0 bridgehead atoms. The standard InChI is InChI=1S/C20H16O3/c1-22-19-9-5-8-17(14-19)20(21)23-18-12-10-16(11-13-18)15-6-3-2-4-7-15/h2-14H,1H3. The highest BCUT2D eigenvalue weighted by atomic mass is 16.5. The highest BCUT2D eigenvalue weighted by Crippen LogP contribution is 2.23. The van der Waals surface area contributed by atoms with Crippen LogP contribution in [0.1, 0.15) is 10.4 Å². The SMILES string of the molecule is COc1cccc(C(=O)Oc2ccc(-c3ccccc3)cc2)c1. The lowest BCUT2D eigenvalue weighted by Crippen LogP contribution is -2.08. The summed E-state index contributed by atoms with van der Waals surface area (Å²) >= 11 is 0. The van der Waals surface area contributed by atoms with Gasteiger partial charge in [0.25, 0.3) is 0 Å². The summed E-state index contributed by atoms with van der Waals surface area (Å²) in [6.07, 6.45) is 0. The van der Waals surface area contributed by atoms with Crippen LogP contribution in [0.15, 0.2) is 78.9 Å². The number of carbonyl (C=O) groups is 1. The summed E-state index contributed by atoms with van der Waals surface area (Å²) in [5, 5.41) is 0. The van der Waals surface area contributed by atoms with E-state index < -0.39 is 5.97 Å². The average Bonchev–Trinajstić information content (AvgIpc) is 2.63. The van der Waals surface area contributed by atoms with Gasteiger partial charge in [0, 0.05) is 0 Å². The number of esters is 1. The predicted molar refractivity (Wildman–Crippen MR) is 89.8 cm³/mol. The maximum Gasteiger partial charge on any atom is 0.343 e. The molecule has 0 unspecified atom stereocenters. The number of ether oxygens (including phenoxy) is 2. The first-order valence-corrected chi connectivity index (χ1v) is 7.28. The Bertz CT molecular complexity index is 793. The highest BCUT2D eigenvalue weighted by Gasteiger charge is 2.09. The van der Waals surface area contributed by atoms with Gasteiger partial charge in [-0.15, -0.1) is 0 Å². The molecular formula is C20H16O3. The van der Waals surface area contributed by atoms with Crippen LogP contribution in [-0.2, 0) is 0 Å². The Morgan fingerprint density at radius 3 is 2.13 bits per heavy atom. The Kier molecular flexibility index (Phi) is 4.39. The summed E-state index contributed by atoms with van der Waals surface area (Å²) in [6.45, 7) is 0. The molecule has 0 spiro atoms. The summed E-state index contributed by atoms with van der Waals surface area (Å²) in [5.41, 5.74) is 2.65. The van der Waals surface area contributed by atoms with Crippen molar-refractivity contribution in [1.29, 1.82) is 0 Å². The van der Waals surface area contributed by atoms with Gasteiger partial charge in [-0.05, 0) is 41.5 Å². The van der Waals surface area contributed by atoms with Gasteiger partial charge in [0.15, 0.2) is 0 Å². The molecule has 0 saturated carbocycles. The van der Waals surface area contributed by atoms with Gasteiger partial charge in [-0.2, -0.15) is 0 Å². The van der Waals surface area contributed by atoms with Crippen molar-refractivity contribution in [3.05, 3.63) is 84.4 Å². The van der Waals surface area contributed by atoms with Crippen LogP contribution in [0.2, 0.25) is 0 Å². The second-order valence-electron chi connectivity index (χ2n) is 5.01. The number of carbonyl (C=O) groups excluding carboxylic acids is 1. The van der Waals surface area contributed by atoms with Crippen molar-refractivity contribution in [2.45, 2.75) is 0 Å². The van der Waals surface area contributed by atoms with Crippen molar-refractivity contribution in [2.75, 3.05) is 7.11 Å². The molecule has 0 amide bonds. The van der Waals surface area contributed by atoms with E-state index in [1.807, 2.05) is 42.5 Å². The van der Waals surface area contributed by atoms with Crippen LogP contribution < -0.4 is 9.47 Å². The maximum absolute atomic E-state index is 12.2. The van der Waals surface area contributed by atoms with Crippen molar-refractivity contribution in [2.24, 2.45) is 0 Å². The van der Waals surface area contributed by atoms with Crippen molar-refractivity contribution < 1.29 is 14.3 Å². The molecule has 0 aliphatic rings. The van der Waals surface area contributed by atoms with E-state index in [-0.39, 0.29) is 0 Å². The topological polar surface area (TPSA) is 35.5 Å². The number of rotatable bonds is 4. The number of benzene rings is 3. The largest absolute Gasteiger partial charge is 0.497 e. The van der Waals surface area contributed by atoms with Crippen LogP contribution in [0.5, 0.6) is 11.5 Å². The van der Waals surface area contributed by atoms with Gasteiger partial charge in [0.1, 0.15) is 11.5 Å². The number of hydrogen-bond donors (Lipinski definition) is 0. The van der Waals surface area contributed by atoms with E-state index in [4.69, 9.17) is 9.47 Å². The van der Waals surface area contributed by atoms with E-state index in [0.717, 1.165) is 11.1 Å². The molecule has 0 radical (unpaired) electrons. The third-order valence-corrected chi connectivity index (χ3v) is 3.48. The first kappa shape index (κ1) is 14.9. The molecule has 0 saturated heterocycles. The van der Waals surface area contributed by atoms with Gasteiger partial charge in [0.2, 0.25) is 0 Å². The van der Waals surface area contributed by atoms with Gasteiger partial charge >= 0.3 is 5.97 Å². The first-order chi connectivity index (χ1) is 11.3. The van der Waals surface area contributed by atoms with Crippen LogP contribution in [0.3, 0.4) is 0 Å². The molecule has 23 heavy (non-hydrogen) atoms. The summed E-state index contributed by atoms with van der Waals surface area (Å²) in [6, 6.07) is 24.4. The van der Waals surface area contributed by atoms with E-state index in [2.05, 4.69) is 0 Å². The van der Waals surface area contributed by atoms with Gasteiger partial charge in [0.05, 0.1) is 12.7 Å². The molecule has 3 aromatic carbocycles. The van der Waals surface area contributed by atoms with Crippen LogP contribution in [0, 0.1) is 0 Å². The predicted octanol–water partition coefficient (Wildman–Crippen LogP) is 4.58. The van der Waals surface area contributed by atoms with Crippen LogP contribution in [0.4, 0.5) is 0 Å². The van der Waals surface area contributed by atoms with E-state index >= 15 is 0 Å². The molecule has 3 aromatic rings. The highest BCUT2D eigenvalue weighted by molar-refractivity contribution is 5.91. The number of hydrogen-bond acceptors (Lipinski definition) is 3. The van der Waals surface area contributed by atoms with Gasteiger partial charge < -0.3 is 9.47 Å². The Morgan fingerprint density at radius 2 is 1.43 bits per heavy atom.